The van der Waals surface area contributed by atoms with Crippen LogP contribution in [0.4, 0.5) is 16.2 Å². The lowest BCUT2D eigenvalue weighted by Crippen LogP contribution is -2.34. The van der Waals surface area contributed by atoms with Crippen LogP contribution in [0, 0.1) is 20.8 Å². The molecule has 8 nitrogen and oxygen atoms in total. The quantitative estimate of drug-likeness (QED) is 0.544. The first kappa shape index (κ1) is 25.7. The number of rotatable bonds is 8. The first-order chi connectivity index (χ1) is 15.4. The molecule has 0 saturated carbocycles. The average molecular weight is 456 g/mol. The summed E-state index contributed by atoms with van der Waals surface area (Å²) in [7, 11) is 0. The molecule has 0 aliphatic carbocycles. The highest BCUT2D eigenvalue weighted by atomic mass is 16.6. The van der Waals surface area contributed by atoms with Crippen LogP contribution >= 0.6 is 0 Å². The van der Waals surface area contributed by atoms with Gasteiger partial charge in [0.1, 0.15) is 11.4 Å². The first-order valence-electron chi connectivity index (χ1n) is 10.8. The molecule has 3 N–H and O–H groups in total. The van der Waals surface area contributed by atoms with E-state index in [1.807, 2.05) is 32.9 Å². The Labute approximate surface area is 195 Å². The zero-order chi connectivity index (χ0) is 24.6. The number of benzene rings is 2. The fourth-order valence-electron chi connectivity index (χ4n) is 2.94. The highest BCUT2D eigenvalue weighted by molar-refractivity contribution is 5.93. The van der Waals surface area contributed by atoms with Crippen LogP contribution in [0.25, 0.3) is 0 Å². The van der Waals surface area contributed by atoms with Crippen molar-refractivity contribution in [3.63, 3.8) is 0 Å². The van der Waals surface area contributed by atoms with E-state index in [4.69, 9.17) is 9.47 Å². The van der Waals surface area contributed by atoms with Gasteiger partial charge in [-0.05, 0) is 82.5 Å². The summed E-state index contributed by atoms with van der Waals surface area (Å²) < 4.78 is 10.8. The van der Waals surface area contributed by atoms with Crippen LogP contribution < -0.4 is 20.7 Å². The van der Waals surface area contributed by atoms with Crippen LogP contribution in [-0.4, -0.2) is 36.7 Å². The Balaban J connectivity index is 1.77. The second kappa shape index (κ2) is 11.4. The van der Waals surface area contributed by atoms with Gasteiger partial charge in [-0.2, -0.15) is 0 Å². The number of nitrogens with one attached hydrogen (secondary N) is 3. The third kappa shape index (κ3) is 8.84. The van der Waals surface area contributed by atoms with Gasteiger partial charge in [-0.25, -0.2) is 4.79 Å². The van der Waals surface area contributed by atoms with Crippen molar-refractivity contribution in [1.29, 1.82) is 0 Å². The van der Waals surface area contributed by atoms with Gasteiger partial charge in [0.2, 0.25) is 5.91 Å². The number of carbonyl (C=O) groups excluding carboxylic acids is 3. The molecule has 0 fully saturated rings. The zero-order valence-electron chi connectivity index (χ0n) is 20.1. The van der Waals surface area contributed by atoms with Gasteiger partial charge < -0.3 is 25.4 Å². The summed E-state index contributed by atoms with van der Waals surface area (Å²) in [6.07, 6.45) is -0.459. The maximum absolute atomic E-state index is 12.3. The number of carbonyl (C=O) groups is 3. The lowest BCUT2D eigenvalue weighted by Gasteiger charge is -2.19. The first-order valence-corrected chi connectivity index (χ1v) is 10.8. The molecular formula is C25H33N3O5. The Morgan fingerprint density at radius 2 is 1.36 bits per heavy atom. The Morgan fingerprint density at radius 3 is 1.94 bits per heavy atom. The van der Waals surface area contributed by atoms with Gasteiger partial charge in [0.05, 0.1) is 0 Å². The van der Waals surface area contributed by atoms with E-state index in [1.165, 1.54) is 0 Å². The molecule has 0 unspecified atom stereocenters. The largest absolute Gasteiger partial charge is 0.483 e. The van der Waals surface area contributed by atoms with Gasteiger partial charge in [0, 0.05) is 24.3 Å². The number of hydrogen-bond donors (Lipinski definition) is 3. The van der Waals surface area contributed by atoms with Crippen molar-refractivity contribution >= 4 is 29.3 Å². The van der Waals surface area contributed by atoms with E-state index < -0.39 is 11.7 Å². The van der Waals surface area contributed by atoms with E-state index in [0.29, 0.717) is 11.4 Å². The van der Waals surface area contributed by atoms with Gasteiger partial charge in [0.25, 0.3) is 5.91 Å². The summed E-state index contributed by atoms with van der Waals surface area (Å²) in [5.74, 6) is 0.199. The predicted octanol–water partition coefficient (Wildman–Crippen LogP) is 4.48. The Morgan fingerprint density at radius 1 is 0.818 bits per heavy atom. The molecule has 0 heterocycles. The van der Waals surface area contributed by atoms with Gasteiger partial charge in [-0.1, -0.05) is 12.1 Å². The molecule has 0 bridgehead atoms. The monoisotopic (exact) mass is 455 g/mol. The summed E-state index contributed by atoms with van der Waals surface area (Å²) in [5.41, 5.74) is 3.68. The summed E-state index contributed by atoms with van der Waals surface area (Å²) in [5, 5.41) is 8.05. The van der Waals surface area contributed by atoms with E-state index in [2.05, 4.69) is 16.0 Å². The summed E-state index contributed by atoms with van der Waals surface area (Å²) in [6, 6.07) is 10.7. The average Bonchev–Trinajstić information content (AvgIpc) is 2.71. The van der Waals surface area contributed by atoms with Crippen molar-refractivity contribution < 1.29 is 23.9 Å². The van der Waals surface area contributed by atoms with Crippen LogP contribution in [0.15, 0.2) is 36.4 Å². The van der Waals surface area contributed by atoms with Crippen molar-refractivity contribution in [1.82, 2.24) is 5.32 Å². The second-order valence-corrected chi connectivity index (χ2v) is 8.79. The molecule has 33 heavy (non-hydrogen) atoms. The molecule has 2 rings (SSSR count). The fraction of sp³-hybridized carbons (Fsp3) is 0.400. The fourth-order valence-corrected chi connectivity index (χ4v) is 2.94. The highest BCUT2D eigenvalue weighted by Crippen LogP contribution is 2.25. The summed E-state index contributed by atoms with van der Waals surface area (Å²) in [6.45, 7) is 11.3. The molecule has 178 valence electrons. The van der Waals surface area contributed by atoms with Gasteiger partial charge >= 0.3 is 6.09 Å². The topological polar surface area (TPSA) is 106 Å². The molecule has 0 aromatic heterocycles. The van der Waals surface area contributed by atoms with Crippen LogP contribution in [0.5, 0.6) is 5.75 Å². The van der Waals surface area contributed by atoms with Crippen molar-refractivity contribution in [2.45, 2.75) is 53.6 Å². The van der Waals surface area contributed by atoms with Crippen LogP contribution in [0.1, 0.15) is 43.9 Å². The van der Waals surface area contributed by atoms with Crippen LogP contribution in [0.3, 0.4) is 0 Å². The Bertz CT molecular complexity index is 994. The van der Waals surface area contributed by atoms with Gasteiger partial charge in [-0.15, -0.1) is 0 Å². The second-order valence-electron chi connectivity index (χ2n) is 8.79. The molecule has 0 aliphatic rings. The smallest absolute Gasteiger partial charge is 0.407 e. The number of anilines is 2. The van der Waals surface area contributed by atoms with Crippen LogP contribution in [-0.2, 0) is 14.3 Å². The summed E-state index contributed by atoms with van der Waals surface area (Å²) >= 11 is 0. The van der Waals surface area contributed by atoms with Crippen LogP contribution in [0.2, 0.25) is 0 Å². The Kier molecular flexibility index (Phi) is 8.85. The van der Waals surface area contributed by atoms with Gasteiger partial charge in [0.15, 0.2) is 6.61 Å². The molecule has 2 aromatic rings. The normalized spacial score (nSPS) is 10.8. The number of aryl methyl sites for hydroxylation is 2. The highest BCUT2D eigenvalue weighted by Gasteiger charge is 2.16. The molecule has 0 aliphatic heterocycles. The van der Waals surface area contributed by atoms with E-state index in [9.17, 15) is 14.4 Å². The number of ether oxygens (including phenoxy) is 2. The van der Waals surface area contributed by atoms with Crippen molar-refractivity contribution in [3.05, 3.63) is 53.1 Å². The SMILES string of the molecule is Cc1ccc(C)c(OCC(=O)Nc2ccc(NC(=O)CCNC(=O)OC(C)(C)C)cc2)c1C. The minimum absolute atomic E-state index is 0.103. The molecule has 0 radical (unpaired) electrons. The number of alkyl carbamates (subject to hydrolysis) is 1. The molecule has 0 atom stereocenters. The zero-order valence-corrected chi connectivity index (χ0v) is 20.1. The maximum Gasteiger partial charge on any atom is 0.407 e. The summed E-state index contributed by atoms with van der Waals surface area (Å²) in [4.78, 5) is 35.9. The molecule has 2 aromatic carbocycles. The molecular weight excluding hydrogens is 422 g/mol. The van der Waals surface area contributed by atoms with Gasteiger partial charge in [-0.3, -0.25) is 9.59 Å². The molecule has 0 saturated heterocycles. The third-order valence-electron chi connectivity index (χ3n) is 4.69. The maximum atomic E-state index is 12.3. The van der Waals surface area contributed by atoms with E-state index >= 15 is 0 Å². The minimum Gasteiger partial charge on any atom is -0.483 e. The third-order valence-corrected chi connectivity index (χ3v) is 4.69. The lowest BCUT2D eigenvalue weighted by atomic mass is 10.1. The minimum atomic E-state index is -0.589. The molecule has 3 amide bonds. The number of amides is 3. The Hall–Kier alpha value is -3.55. The molecule has 8 heteroatoms. The van der Waals surface area contributed by atoms with E-state index in [0.717, 1.165) is 22.4 Å². The van der Waals surface area contributed by atoms with Crippen molar-refractivity contribution in [2.24, 2.45) is 0 Å². The lowest BCUT2D eigenvalue weighted by molar-refractivity contribution is -0.118. The van der Waals surface area contributed by atoms with E-state index in [1.54, 1.807) is 45.0 Å². The van der Waals surface area contributed by atoms with Crippen molar-refractivity contribution in [2.75, 3.05) is 23.8 Å². The predicted molar refractivity (Wildman–Crippen MR) is 129 cm³/mol. The van der Waals surface area contributed by atoms with E-state index in [-0.39, 0.29) is 31.4 Å². The standard InChI is InChI=1S/C25H33N3O5/c1-16-7-8-17(2)23(18(16)3)32-15-22(30)28-20-11-9-19(10-12-20)27-21(29)13-14-26-24(31)33-25(4,5)6/h7-12H,13-15H2,1-6H3,(H,26,31)(H,27,29)(H,28,30). The number of hydrogen-bond acceptors (Lipinski definition) is 5. The van der Waals surface area contributed by atoms with Crippen molar-refractivity contribution in [3.8, 4) is 5.75 Å². The molecule has 0 spiro atoms.